The molecule has 0 aliphatic heterocycles. The summed E-state index contributed by atoms with van der Waals surface area (Å²) < 4.78 is 31.7. The number of carbonyl (C=O) groups is 2. The van der Waals surface area contributed by atoms with Gasteiger partial charge in [0.2, 0.25) is 21.8 Å². The molecule has 2 amide bonds. The van der Waals surface area contributed by atoms with E-state index in [1.54, 1.807) is 31.4 Å². The van der Waals surface area contributed by atoms with Crippen LogP contribution < -0.4 is 14.4 Å². The number of rotatable bonds is 11. The summed E-state index contributed by atoms with van der Waals surface area (Å²) in [6, 6.07) is 11.9. The van der Waals surface area contributed by atoms with Crippen LogP contribution in [-0.4, -0.2) is 57.6 Å². The number of likely N-dealkylation sites (N-methyl/N-ethyl adjacent to an activating group) is 1. The van der Waals surface area contributed by atoms with Crippen molar-refractivity contribution in [1.82, 2.24) is 10.2 Å². The van der Waals surface area contributed by atoms with E-state index in [0.717, 1.165) is 27.3 Å². The normalized spacial score (nSPS) is 12.1. The average Bonchev–Trinajstić information content (AvgIpc) is 2.76. The molecule has 0 heterocycles. The van der Waals surface area contributed by atoms with Gasteiger partial charge in [-0.15, -0.1) is 0 Å². The number of hydrogen-bond donors (Lipinski definition) is 1. The Labute approximate surface area is 202 Å². The maximum absolute atomic E-state index is 13.6. The van der Waals surface area contributed by atoms with Gasteiger partial charge in [0.1, 0.15) is 18.3 Å². The number of benzene rings is 2. The number of anilines is 1. The van der Waals surface area contributed by atoms with Gasteiger partial charge in [-0.3, -0.25) is 13.9 Å². The predicted molar refractivity (Wildman–Crippen MR) is 134 cm³/mol. The highest BCUT2D eigenvalue weighted by molar-refractivity contribution is 7.92. The summed E-state index contributed by atoms with van der Waals surface area (Å²) in [5, 5.41) is 2.78. The number of methoxy groups -OCH3 is 1. The quantitative estimate of drug-likeness (QED) is 0.523. The molecule has 0 aromatic heterocycles. The van der Waals surface area contributed by atoms with E-state index in [1.807, 2.05) is 45.9 Å². The Balaban J connectivity index is 2.45. The van der Waals surface area contributed by atoms with Crippen LogP contribution in [0.2, 0.25) is 0 Å². The van der Waals surface area contributed by atoms with Gasteiger partial charge in [-0.25, -0.2) is 8.42 Å². The molecule has 0 aliphatic rings. The molecule has 0 aliphatic carbocycles. The third-order valence-corrected chi connectivity index (χ3v) is 6.56. The lowest BCUT2D eigenvalue weighted by Gasteiger charge is -2.33. The number of nitrogens with one attached hydrogen (secondary N) is 1. The minimum Gasteiger partial charge on any atom is -0.497 e. The van der Waals surface area contributed by atoms with Crippen LogP contribution in [0.15, 0.2) is 42.5 Å². The Bertz CT molecular complexity index is 1080. The van der Waals surface area contributed by atoms with Crippen molar-refractivity contribution in [3.8, 4) is 5.75 Å². The highest BCUT2D eigenvalue weighted by Crippen LogP contribution is 2.23. The fraction of sp³-hybridized carbons (Fsp3) is 0.440. The van der Waals surface area contributed by atoms with Gasteiger partial charge >= 0.3 is 0 Å². The lowest BCUT2D eigenvalue weighted by atomic mass is 10.1. The second-order valence-electron chi connectivity index (χ2n) is 8.30. The zero-order valence-corrected chi connectivity index (χ0v) is 21.6. The summed E-state index contributed by atoms with van der Waals surface area (Å²) in [7, 11) is -2.19. The molecular weight excluding hydrogens is 454 g/mol. The van der Waals surface area contributed by atoms with Crippen LogP contribution in [0.25, 0.3) is 0 Å². The van der Waals surface area contributed by atoms with E-state index in [9.17, 15) is 18.0 Å². The summed E-state index contributed by atoms with van der Waals surface area (Å²) in [6.45, 7) is 7.56. The SMILES string of the molecule is CCNC(=O)C(CC)N(Cc1ccc(OC)cc1)C(=O)CN(c1cc(C)cc(C)c1)S(C)(=O)=O. The molecule has 0 spiro atoms. The molecule has 8 nitrogen and oxygen atoms in total. The Morgan fingerprint density at radius 1 is 1.03 bits per heavy atom. The molecule has 0 radical (unpaired) electrons. The monoisotopic (exact) mass is 489 g/mol. The lowest BCUT2D eigenvalue weighted by Crippen LogP contribution is -2.52. The molecule has 0 fully saturated rings. The number of carbonyl (C=O) groups excluding carboxylic acids is 2. The molecule has 2 aromatic carbocycles. The fourth-order valence-corrected chi connectivity index (χ4v) is 4.68. The number of ether oxygens (including phenoxy) is 1. The first kappa shape index (κ1) is 27.2. The lowest BCUT2D eigenvalue weighted by molar-refractivity contribution is -0.140. The first-order chi connectivity index (χ1) is 16.0. The van der Waals surface area contributed by atoms with Crippen LogP contribution in [-0.2, 0) is 26.2 Å². The van der Waals surface area contributed by atoms with Gasteiger partial charge in [-0.05, 0) is 68.1 Å². The van der Waals surface area contributed by atoms with Gasteiger partial charge in [0.05, 0.1) is 19.1 Å². The highest BCUT2D eigenvalue weighted by atomic mass is 32.2. The molecule has 1 N–H and O–H groups in total. The van der Waals surface area contributed by atoms with Crippen molar-refractivity contribution in [2.45, 2.75) is 46.7 Å². The van der Waals surface area contributed by atoms with E-state index in [-0.39, 0.29) is 12.5 Å². The van der Waals surface area contributed by atoms with Crippen LogP contribution in [0.5, 0.6) is 5.75 Å². The number of sulfonamides is 1. The standard InChI is InChI=1S/C25H35N3O5S/c1-7-23(25(30)26-8-2)27(16-20-9-11-22(33-5)12-10-20)24(29)17-28(34(6,31)32)21-14-18(3)13-19(4)15-21/h9-15,23H,7-8,16-17H2,1-6H3,(H,26,30). The minimum atomic E-state index is -3.76. The maximum atomic E-state index is 13.6. The predicted octanol–water partition coefficient (Wildman–Crippen LogP) is 3.02. The molecule has 1 unspecified atom stereocenters. The zero-order valence-electron chi connectivity index (χ0n) is 20.8. The van der Waals surface area contributed by atoms with Crippen molar-refractivity contribution < 1.29 is 22.7 Å². The summed E-state index contributed by atoms with van der Waals surface area (Å²) >= 11 is 0. The van der Waals surface area contributed by atoms with Crippen molar-refractivity contribution >= 4 is 27.5 Å². The molecule has 0 bridgehead atoms. The van der Waals surface area contributed by atoms with Gasteiger partial charge in [-0.2, -0.15) is 0 Å². The van der Waals surface area contributed by atoms with Crippen molar-refractivity contribution in [1.29, 1.82) is 0 Å². The van der Waals surface area contributed by atoms with Gasteiger partial charge < -0.3 is 15.0 Å². The van der Waals surface area contributed by atoms with E-state index in [0.29, 0.717) is 24.4 Å². The molecule has 186 valence electrons. The minimum absolute atomic E-state index is 0.156. The summed E-state index contributed by atoms with van der Waals surface area (Å²) in [6.07, 6.45) is 1.46. The van der Waals surface area contributed by atoms with Crippen LogP contribution in [0.1, 0.15) is 37.0 Å². The van der Waals surface area contributed by atoms with Gasteiger partial charge in [0.15, 0.2) is 0 Å². The maximum Gasteiger partial charge on any atom is 0.244 e. The smallest absolute Gasteiger partial charge is 0.244 e. The van der Waals surface area contributed by atoms with Crippen molar-refractivity contribution in [2.24, 2.45) is 0 Å². The second kappa shape index (κ2) is 11.9. The molecule has 2 rings (SSSR count). The molecule has 2 aromatic rings. The summed E-state index contributed by atoms with van der Waals surface area (Å²) in [5.74, 6) is -0.0573. The second-order valence-corrected chi connectivity index (χ2v) is 10.2. The van der Waals surface area contributed by atoms with E-state index in [4.69, 9.17) is 4.74 Å². The first-order valence-corrected chi connectivity index (χ1v) is 13.1. The number of aryl methyl sites for hydroxylation is 2. The van der Waals surface area contributed by atoms with E-state index >= 15 is 0 Å². The summed E-state index contributed by atoms with van der Waals surface area (Å²) in [5.41, 5.74) is 3.00. The Hall–Kier alpha value is -3.07. The van der Waals surface area contributed by atoms with Gasteiger partial charge in [-0.1, -0.05) is 25.1 Å². The first-order valence-electron chi connectivity index (χ1n) is 11.3. The molecule has 34 heavy (non-hydrogen) atoms. The van der Waals surface area contributed by atoms with Crippen molar-refractivity contribution in [2.75, 3.05) is 30.8 Å². The van der Waals surface area contributed by atoms with Gasteiger partial charge in [0.25, 0.3) is 0 Å². The zero-order chi connectivity index (χ0) is 25.5. The number of hydrogen-bond acceptors (Lipinski definition) is 5. The third kappa shape index (κ3) is 7.21. The average molecular weight is 490 g/mol. The Kier molecular flexibility index (Phi) is 9.49. The van der Waals surface area contributed by atoms with Crippen LogP contribution in [0, 0.1) is 13.8 Å². The highest BCUT2D eigenvalue weighted by Gasteiger charge is 2.31. The van der Waals surface area contributed by atoms with Crippen molar-refractivity contribution in [3.63, 3.8) is 0 Å². The molecular formula is C25H35N3O5S. The van der Waals surface area contributed by atoms with Crippen LogP contribution >= 0.6 is 0 Å². The van der Waals surface area contributed by atoms with Crippen LogP contribution in [0.4, 0.5) is 5.69 Å². The van der Waals surface area contributed by atoms with E-state index in [2.05, 4.69) is 5.32 Å². The number of amides is 2. The van der Waals surface area contributed by atoms with E-state index in [1.165, 1.54) is 4.90 Å². The number of nitrogens with zero attached hydrogens (tertiary/aromatic N) is 2. The molecule has 0 saturated carbocycles. The van der Waals surface area contributed by atoms with Gasteiger partial charge in [0, 0.05) is 13.1 Å². The van der Waals surface area contributed by atoms with E-state index < -0.39 is 28.5 Å². The Morgan fingerprint density at radius 2 is 1.62 bits per heavy atom. The van der Waals surface area contributed by atoms with Crippen molar-refractivity contribution in [3.05, 3.63) is 59.2 Å². The largest absolute Gasteiger partial charge is 0.497 e. The van der Waals surface area contributed by atoms with Crippen LogP contribution in [0.3, 0.4) is 0 Å². The molecule has 1 atom stereocenters. The molecule has 9 heteroatoms. The Morgan fingerprint density at radius 3 is 2.09 bits per heavy atom. The summed E-state index contributed by atoms with van der Waals surface area (Å²) in [4.78, 5) is 27.8. The third-order valence-electron chi connectivity index (χ3n) is 5.42. The molecule has 0 saturated heterocycles. The topological polar surface area (TPSA) is 96.0 Å². The fourth-order valence-electron chi connectivity index (χ4n) is 3.85.